The van der Waals surface area contributed by atoms with Crippen molar-refractivity contribution in [1.82, 2.24) is 4.98 Å². The van der Waals surface area contributed by atoms with Crippen LogP contribution in [0.5, 0.6) is 0 Å². The van der Waals surface area contributed by atoms with Gasteiger partial charge in [0.2, 0.25) is 0 Å². The molecular formula is C7H10N2O2S. The molecule has 1 aromatic heterocycles. The first-order valence-corrected chi connectivity index (χ1v) is 4.50. The number of carbonyl (C=O) groups excluding carboxylic acids is 1. The van der Waals surface area contributed by atoms with Crippen molar-refractivity contribution in [3.63, 3.8) is 0 Å². The molecule has 4 nitrogen and oxygen atoms in total. The number of aromatic nitrogens is 1. The standard InChI is InChI=1S/C7H10N2O2S/c1-2-11-6(10)5-9-7-8-3-4-12-7/h3-4H,2,5H2,1H3,(H,8,9). The van der Waals surface area contributed by atoms with Gasteiger partial charge in [0.1, 0.15) is 6.54 Å². The van der Waals surface area contributed by atoms with Crippen LogP contribution in [0, 0.1) is 0 Å². The van der Waals surface area contributed by atoms with Crippen LogP contribution in [-0.4, -0.2) is 24.1 Å². The summed E-state index contributed by atoms with van der Waals surface area (Å²) in [7, 11) is 0. The number of hydrogen-bond acceptors (Lipinski definition) is 5. The van der Waals surface area contributed by atoms with Crippen molar-refractivity contribution in [1.29, 1.82) is 0 Å². The summed E-state index contributed by atoms with van der Waals surface area (Å²) in [4.78, 5) is 14.8. The topological polar surface area (TPSA) is 51.2 Å². The zero-order valence-corrected chi connectivity index (χ0v) is 7.56. The van der Waals surface area contributed by atoms with E-state index in [4.69, 9.17) is 4.74 Å². The molecule has 0 fully saturated rings. The normalized spacial score (nSPS) is 9.42. The Balaban J connectivity index is 2.22. The summed E-state index contributed by atoms with van der Waals surface area (Å²) in [6.07, 6.45) is 1.68. The van der Waals surface area contributed by atoms with Crippen molar-refractivity contribution in [3.8, 4) is 0 Å². The molecule has 1 N–H and O–H groups in total. The average Bonchev–Trinajstić information content (AvgIpc) is 2.53. The Bertz CT molecular complexity index is 236. The molecule has 12 heavy (non-hydrogen) atoms. The Kier molecular flexibility index (Phi) is 3.53. The van der Waals surface area contributed by atoms with E-state index in [0.717, 1.165) is 5.13 Å². The van der Waals surface area contributed by atoms with Gasteiger partial charge in [-0.2, -0.15) is 0 Å². The second kappa shape index (κ2) is 4.71. The van der Waals surface area contributed by atoms with Gasteiger partial charge >= 0.3 is 5.97 Å². The lowest BCUT2D eigenvalue weighted by Crippen LogP contribution is -2.16. The maximum absolute atomic E-state index is 10.8. The van der Waals surface area contributed by atoms with E-state index in [-0.39, 0.29) is 12.5 Å². The number of rotatable bonds is 4. The number of thiazole rings is 1. The molecule has 0 aliphatic rings. The molecule has 0 aliphatic carbocycles. The largest absolute Gasteiger partial charge is 0.465 e. The Labute approximate surface area is 74.6 Å². The van der Waals surface area contributed by atoms with Gasteiger partial charge in [-0.15, -0.1) is 11.3 Å². The van der Waals surface area contributed by atoms with Gasteiger partial charge in [-0.1, -0.05) is 0 Å². The molecule has 0 saturated heterocycles. The van der Waals surface area contributed by atoms with Crippen molar-refractivity contribution in [2.45, 2.75) is 6.92 Å². The fraction of sp³-hybridized carbons (Fsp3) is 0.429. The molecule has 0 amide bonds. The van der Waals surface area contributed by atoms with Gasteiger partial charge < -0.3 is 10.1 Å². The lowest BCUT2D eigenvalue weighted by molar-refractivity contribution is -0.140. The number of ether oxygens (including phenoxy) is 1. The number of nitrogens with one attached hydrogen (secondary N) is 1. The lowest BCUT2D eigenvalue weighted by Gasteiger charge is -2.01. The van der Waals surface area contributed by atoms with Crippen LogP contribution in [0.15, 0.2) is 11.6 Å². The Hall–Kier alpha value is -1.10. The van der Waals surface area contributed by atoms with Crippen LogP contribution in [0.25, 0.3) is 0 Å². The average molecular weight is 186 g/mol. The highest BCUT2D eigenvalue weighted by Gasteiger charge is 2.01. The highest BCUT2D eigenvalue weighted by atomic mass is 32.1. The minimum absolute atomic E-state index is 0.182. The van der Waals surface area contributed by atoms with Crippen LogP contribution in [0.1, 0.15) is 6.92 Å². The van der Waals surface area contributed by atoms with Crippen LogP contribution in [-0.2, 0) is 9.53 Å². The van der Waals surface area contributed by atoms with E-state index in [1.165, 1.54) is 11.3 Å². The molecule has 0 saturated carbocycles. The number of hydrogen-bond donors (Lipinski definition) is 1. The fourth-order valence-corrected chi connectivity index (χ4v) is 1.20. The van der Waals surface area contributed by atoms with Gasteiger partial charge in [-0.05, 0) is 6.92 Å². The van der Waals surface area contributed by atoms with E-state index < -0.39 is 0 Å². The lowest BCUT2D eigenvalue weighted by atomic mass is 10.6. The van der Waals surface area contributed by atoms with Crippen molar-refractivity contribution in [3.05, 3.63) is 11.6 Å². The summed E-state index contributed by atoms with van der Waals surface area (Å²) in [6.45, 7) is 2.38. The third kappa shape index (κ3) is 2.87. The molecule has 0 radical (unpaired) electrons. The minimum Gasteiger partial charge on any atom is -0.465 e. The molecule has 0 spiro atoms. The number of nitrogens with zero attached hydrogens (tertiary/aromatic N) is 1. The third-order valence-corrected chi connectivity index (χ3v) is 1.85. The molecule has 0 aromatic carbocycles. The summed E-state index contributed by atoms with van der Waals surface area (Å²) in [5, 5.41) is 5.42. The van der Waals surface area contributed by atoms with Gasteiger partial charge in [0.05, 0.1) is 6.61 Å². The van der Waals surface area contributed by atoms with Crippen LogP contribution >= 0.6 is 11.3 Å². The highest BCUT2D eigenvalue weighted by Crippen LogP contribution is 2.09. The Morgan fingerprint density at radius 1 is 1.83 bits per heavy atom. The molecule has 0 unspecified atom stereocenters. The van der Waals surface area contributed by atoms with Gasteiger partial charge in [-0.25, -0.2) is 4.98 Å². The molecule has 0 bridgehead atoms. The van der Waals surface area contributed by atoms with E-state index in [2.05, 4.69) is 10.3 Å². The Morgan fingerprint density at radius 2 is 2.67 bits per heavy atom. The first kappa shape index (κ1) is 8.99. The summed E-state index contributed by atoms with van der Waals surface area (Å²) < 4.78 is 4.72. The molecule has 0 aliphatic heterocycles. The molecule has 1 rings (SSSR count). The predicted octanol–water partition coefficient (Wildman–Crippen LogP) is 1.12. The maximum Gasteiger partial charge on any atom is 0.325 e. The number of anilines is 1. The van der Waals surface area contributed by atoms with E-state index >= 15 is 0 Å². The van der Waals surface area contributed by atoms with E-state index in [1.807, 2.05) is 5.38 Å². The summed E-state index contributed by atoms with van der Waals surface area (Å²) in [5.74, 6) is -0.257. The summed E-state index contributed by atoms with van der Waals surface area (Å²) >= 11 is 1.45. The molecule has 1 heterocycles. The van der Waals surface area contributed by atoms with E-state index in [1.54, 1.807) is 13.1 Å². The second-order valence-corrected chi connectivity index (χ2v) is 2.89. The van der Waals surface area contributed by atoms with Crippen LogP contribution in [0.3, 0.4) is 0 Å². The van der Waals surface area contributed by atoms with E-state index in [0.29, 0.717) is 6.61 Å². The minimum atomic E-state index is -0.257. The maximum atomic E-state index is 10.8. The van der Waals surface area contributed by atoms with Crippen LogP contribution in [0.2, 0.25) is 0 Å². The van der Waals surface area contributed by atoms with Crippen molar-refractivity contribution in [2.24, 2.45) is 0 Å². The zero-order chi connectivity index (χ0) is 8.81. The van der Waals surface area contributed by atoms with Crippen LogP contribution < -0.4 is 5.32 Å². The predicted molar refractivity (Wildman–Crippen MR) is 47.2 cm³/mol. The zero-order valence-electron chi connectivity index (χ0n) is 6.74. The number of carbonyl (C=O) groups is 1. The van der Waals surface area contributed by atoms with Crippen LogP contribution in [0.4, 0.5) is 5.13 Å². The molecule has 1 aromatic rings. The quantitative estimate of drug-likeness (QED) is 0.716. The first-order valence-electron chi connectivity index (χ1n) is 3.62. The van der Waals surface area contributed by atoms with Crippen molar-refractivity contribution in [2.75, 3.05) is 18.5 Å². The fourth-order valence-electron chi connectivity index (χ4n) is 0.671. The number of esters is 1. The van der Waals surface area contributed by atoms with Gasteiger partial charge in [0.25, 0.3) is 0 Å². The Morgan fingerprint density at radius 3 is 3.25 bits per heavy atom. The van der Waals surface area contributed by atoms with Crippen molar-refractivity contribution >= 4 is 22.4 Å². The van der Waals surface area contributed by atoms with Gasteiger partial charge in [0, 0.05) is 11.6 Å². The monoisotopic (exact) mass is 186 g/mol. The first-order chi connectivity index (χ1) is 5.83. The molecule has 5 heteroatoms. The van der Waals surface area contributed by atoms with Gasteiger partial charge in [-0.3, -0.25) is 4.79 Å². The molecular weight excluding hydrogens is 176 g/mol. The summed E-state index contributed by atoms with van der Waals surface area (Å²) in [5.41, 5.74) is 0. The van der Waals surface area contributed by atoms with Gasteiger partial charge in [0.15, 0.2) is 5.13 Å². The second-order valence-electron chi connectivity index (χ2n) is 2.00. The van der Waals surface area contributed by atoms with E-state index in [9.17, 15) is 4.79 Å². The highest BCUT2D eigenvalue weighted by molar-refractivity contribution is 7.13. The molecule has 66 valence electrons. The van der Waals surface area contributed by atoms with Crippen molar-refractivity contribution < 1.29 is 9.53 Å². The summed E-state index contributed by atoms with van der Waals surface area (Å²) in [6, 6.07) is 0. The molecule has 0 atom stereocenters. The third-order valence-electron chi connectivity index (χ3n) is 1.12. The SMILES string of the molecule is CCOC(=O)CNc1nccs1. The smallest absolute Gasteiger partial charge is 0.325 e.